The molecule has 0 amide bonds. The molecule has 0 aliphatic rings. The number of carbonyl (C=O) groups excluding carboxylic acids is 1. The lowest BCUT2D eigenvalue weighted by molar-refractivity contribution is 0.406. The Balaban J connectivity index is 3.22. The summed E-state index contributed by atoms with van der Waals surface area (Å²) in [5.41, 5.74) is 2.01. The maximum absolute atomic E-state index is 10.2. The van der Waals surface area contributed by atoms with E-state index < -0.39 is 0 Å². The van der Waals surface area contributed by atoms with Crippen LogP contribution in [0.4, 0.5) is 0 Å². The Labute approximate surface area is 83.4 Å². The summed E-state index contributed by atoms with van der Waals surface area (Å²) in [5, 5.41) is 0. The van der Waals surface area contributed by atoms with Crippen LogP contribution in [0.25, 0.3) is 0 Å². The minimum atomic E-state index is -0.205. The molecule has 0 bridgehead atoms. The predicted octanol–water partition coefficient (Wildman–Crippen LogP) is 2.40. The van der Waals surface area contributed by atoms with Crippen molar-refractivity contribution in [1.82, 2.24) is 0 Å². The van der Waals surface area contributed by atoms with Crippen molar-refractivity contribution in [2.75, 3.05) is 7.11 Å². The molecule has 3 heteroatoms. The highest BCUT2D eigenvalue weighted by atomic mass is 16.5. The summed E-state index contributed by atoms with van der Waals surface area (Å²) in [6, 6.07) is 5.53. The summed E-state index contributed by atoms with van der Waals surface area (Å²) in [4.78, 5) is 13.8. The van der Waals surface area contributed by atoms with Gasteiger partial charge in [0, 0.05) is 5.56 Å². The Morgan fingerprint density at radius 3 is 2.79 bits per heavy atom. The molecule has 1 aromatic rings. The molecule has 0 aliphatic carbocycles. The topological polar surface area (TPSA) is 38.7 Å². The SMILES string of the molecule is COc1cccc(C)c1C(C)N=C=O. The minimum absolute atomic E-state index is 0.205. The Morgan fingerprint density at radius 2 is 2.21 bits per heavy atom. The second kappa shape index (κ2) is 4.58. The second-order valence-electron chi connectivity index (χ2n) is 3.09. The molecule has 0 N–H and O–H groups in total. The molecule has 0 saturated heterocycles. The fourth-order valence-electron chi connectivity index (χ4n) is 1.51. The standard InChI is InChI=1S/C11H13NO2/c1-8-5-4-6-10(14-3)11(8)9(2)12-7-13/h4-6,9H,1-3H3. The molecule has 0 radical (unpaired) electrons. The van der Waals surface area contributed by atoms with Gasteiger partial charge in [0.1, 0.15) is 5.75 Å². The van der Waals surface area contributed by atoms with Crippen LogP contribution in [0.1, 0.15) is 24.1 Å². The van der Waals surface area contributed by atoms with Crippen LogP contribution in [0.15, 0.2) is 23.2 Å². The van der Waals surface area contributed by atoms with E-state index in [2.05, 4.69) is 4.99 Å². The molecular weight excluding hydrogens is 178 g/mol. The van der Waals surface area contributed by atoms with E-state index >= 15 is 0 Å². The normalized spacial score (nSPS) is 11.6. The van der Waals surface area contributed by atoms with Gasteiger partial charge >= 0.3 is 0 Å². The van der Waals surface area contributed by atoms with Gasteiger partial charge in [-0.15, -0.1) is 0 Å². The van der Waals surface area contributed by atoms with Crippen molar-refractivity contribution in [3.63, 3.8) is 0 Å². The molecule has 0 aliphatic heterocycles. The highest BCUT2D eigenvalue weighted by Gasteiger charge is 2.12. The minimum Gasteiger partial charge on any atom is -0.496 e. The molecule has 0 saturated carbocycles. The van der Waals surface area contributed by atoms with E-state index in [1.807, 2.05) is 32.0 Å². The summed E-state index contributed by atoms with van der Waals surface area (Å²) in [5.74, 6) is 0.761. The highest BCUT2D eigenvalue weighted by molar-refractivity contribution is 5.44. The number of methoxy groups -OCH3 is 1. The molecule has 74 valence electrons. The molecule has 0 spiro atoms. The van der Waals surface area contributed by atoms with Crippen molar-refractivity contribution >= 4 is 6.08 Å². The summed E-state index contributed by atoms with van der Waals surface area (Å²) in [6.07, 6.45) is 1.56. The Bertz CT molecular complexity index is 368. The van der Waals surface area contributed by atoms with Crippen molar-refractivity contribution in [2.24, 2.45) is 4.99 Å². The van der Waals surface area contributed by atoms with Crippen LogP contribution in [0.5, 0.6) is 5.75 Å². The predicted molar refractivity (Wildman–Crippen MR) is 54.3 cm³/mol. The molecule has 0 aromatic heterocycles. The number of nitrogens with zero attached hydrogens (tertiary/aromatic N) is 1. The lowest BCUT2D eigenvalue weighted by Gasteiger charge is -2.13. The maximum Gasteiger partial charge on any atom is 0.235 e. The van der Waals surface area contributed by atoms with Gasteiger partial charge in [0.25, 0.3) is 0 Å². The van der Waals surface area contributed by atoms with Crippen LogP contribution in [0, 0.1) is 6.92 Å². The zero-order valence-corrected chi connectivity index (χ0v) is 8.57. The molecule has 14 heavy (non-hydrogen) atoms. The number of aryl methyl sites for hydroxylation is 1. The molecule has 3 nitrogen and oxygen atoms in total. The van der Waals surface area contributed by atoms with Crippen LogP contribution >= 0.6 is 0 Å². The first kappa shape index (κ1) is 10.5. The van der Waals surface area contributed by atoms with Crippen molar-refractivity contribution in [2.45, 2.75) is 19.9 Å². The summed E-state index contributed by atoms with van der Waals surface area (Å²) in [7, 11) is 1.61. The van der Waals surface area contributed by atoms with Crippen molar-refractivity contribution < 1.29 is 9.53 Å². The zero-order valence-electron chi connectivity index (χ0n) is 8.57. The molecule has 0 fully saturated rings. The fraction of sp³-hybridized carbons (Fsp3) is 0.364. The van der Waals surface area contributed by atoms with Gasteiger partial charge < -0.3 is 4.74 Å². The van der Waals surface area contributed by atoms with Gasteiger partial charge in [-0.1, -0.05) is 12.1 Å². The van der Waals surface area contributed by atoms with Crippen LogP contribution < -0.4 is 4.74 Å². The molecule has 1 rings (SSSR count). The number of hydrogen-bond donors (Lipinski definition) is 0. The first-order valence-corrected chi connectivity index (χ1v) is 4.41. The Morgan fingerprint density at radius 1 is 1.50 bits per heavy atom. The van der Waals surface area contributed by atoms with Gasteiger partial charge in [-0.05, 0) is 25.5 Å². The molecular formula is C11H13NO2. The van der Waals surface area contributed by atoms with Gasteiger partial charge in [-0.3, -0.25) is 0 Å². The lowest BCUT2D eigenvalue weighted by Crippen LogP contribution is -1.98. The molecule has 1 atom stereocenters. The van der Waals surface area contributed by atoms with E-state index in [-0.39, 0.29) is 6.04 Å². The van der Waals surface area contributed by atoms with Crippen LogP contribution in [0.2, 0.25) is 0 Å². The van der Waals surface area contributed by atoms with E-state index in [4.69, 9.17) is 4.74 Å². The van der Waals surface area contributed by atoms with Crippen molar-refractivity contribution in [3.05, 3.63) is 29.3 Å². The number of aliphatic imine (C=N–C) groups is 1. The molecule has 1 unspecified atom stereocenters. The molecule has 0 heterocycles. The summed E-state index contributed by atoms with van der Waals surface area (Å²) >= 11 is 0. The van der Waals surface area contributed by atoms with Gasteiger partial charge in [0.05, 0.1) is 13.2 Å². The van der Waals surface area contributed by atoms with Crippen molar-refractivity contribution in [1.29, 1.82) is 0 Å². The second-order valence-corrected chi connectivity index (χ2v) is 3.09. The third kappa shape index (κ3) is 2.01. The van der Waals surface area contributed by atoms with Gasteiger partial charge in [0.15, 0.2) is 0 Å². The number of rotatable bonds is 3. The first-order chi connectivity index (χ1) is 6.70. The third-order valence-electron chi connectivity index (χ3n) is 2.17. The van der Waals surface area contributed by atoms with Gasteiger partial charge in [-0.2, -0.15) is 4.99 Å². The monoisotopic (exact) mass is 191 g/mol. The summed E-state index contributed by atoms with van der Waals surface area (Å²) < 4.78 is 5.20. The van der Waals surface area contributed by atoms with Gasteiger partial charge in [0.2, 0.25) is 6.08 Å². The van der Waals surface area contributed by atoms with E-state index in [1.165, 1.54) is 0 Å². The quantitative estimate of drug-likeness (QED) is 0.543. The molecule has 1 aromatic carbocycles. The largest absolute Gasteiger partial charge is 0.496 e. The summed E-state index contributed by atoms with van der Waals surface area (Å²) in [6.45, 7) is 3.81. The number of ether oxygens (including phenoxy) is 1. The van der Waals surface area contributed by atoms with Crippen LogP contribution in [-0.2, 0) is 4.79 Å². The fourth-order valence-corrected chi connectivity index (χ4v) is 1.51. The first-order valence-electron chi connectivity index (χ1n) is 4.41. The van der Waals surface area contributed by atoms with E-state index in [0.29, 0.717) is 0 Å². The number of isocyanates is 1. The maximum atomic E-state index is 10.2. The van der Waals surface area contributed by atoms with E-state index in [9.17, 15) is 4.79 Å². The highest BCUT2D eigenvalue weighted by Crippen LogP contribution is 2.29. The average Bonchev–Trinajstić information content (AvgIpc) is 2.17. The third-order valence-corrected chi connectivity index (χ3v) is 2.17. The number of hydrogen-bond acceptors (Lipinski definition) is 3. The van der Waals surface area contributed by atoms with Crippen molar-refractivity contribution in [3.8, 4) is 5.75 Å². The van der Waals surface area contributed by atoms with E-state index in [0.717, 1.165) is 16.9 Å². The Hall–Kier alpha value is -1.60. The van der Waals surface area contributed by atoms with Crippen LogP contribution in [-0.4, -0.2) is 13.2 Å². The van der Waals surface area contributed by atoms with Crippen LogP contribution in [0.3, 0.4) is 0 Å². The van der Waals surface area contributed by atoms with Gasteiger partial charge in [-0.25, -0.2) is 4.79 Å². The van der Waals surface area contributed by atoms with E-state index in [1.54, 1.807) is 13.2 Å². The smallest absolute Gasteiger partial charge is 0.235 e. The average molecular weight is 191 g/mol. The Kier molecular flexibility index (Phi) is 3.43. The lowest BCUT2D eigenvalue weighted by atomic mass is 10.0. The zero-order chi connectivity index (χ0) is 10.6. The number of benzene rings is 1.